The number of methoxy groups -OCH3 is 1. The van der Waals surface area contributed by atoms with Crippen LogP contribution >= 0.6 is 27.5 Å². The van der Waals surface area contributed by atoms with Crippen LogP contribution in [0, 0.1) is 0 Å². The van der Waals surface area contributed by atoms with Crippen molar-refractivity contribution in [2.45, 2.75) is 18.2 Å². The molecule has 0 bridgehead atoms. The maximum atomic E-state index is 12.8. The van der Waals surface area contributed by atoms with Gasteiger partial charge < -0.3 is 14.4 Å². The second kappa shape index (κ2) is 8.78. The van der Waals surface area contributed by atoms with E-state index in [0.717, 1.165) is 4.90 Å². The molecule has 1 aliphatic heterocycles. The molecule has 0 saturated heterocycles. The van der Waals surface area contributed by atoms with Gasteiger partial charge >= 0.3 is 0 Å². The highest BCUT2D eigenvalue weighted by Gasteiger charge is 2.32. The van der Waals surface area contributed by atoms with Crippen molar-refractivity contribution in [2.75, 3.05) is 26.9 Å². The summed E-state index contributed by atoms with van der Waals surface area (Å²) >= 11 is 9.32. The summed E-state index contributed by atoms with van der Waals surface area (Å²) in [7, 11) is 1.58. The summed E-state index contributed by atoms with van der Waals surface area (Å²) in [5.41, 5.74) is 1.05. The summed E-state index contributed by atoms with van der Waals surface area (Å²) in [5, 5.41) is -0.817. The van der Waals surface area contributed by atoms with Gasteiger partial charge in [-0.15, -0.1) is 11.6 Å². The third-order valence-electron chi connectivity index (χ3n) is 3.44. The van der Waals surface area contributed by atoms with Crippen molar-refractivity contribution in [3.8, 4) is 5.75 Å². The topological polar surface area (TPSA) is 38.8 Å². The SMILES string of the molecule is COCCOc1ccc(C2=CCC(Cl)C(=O)N2CC(F)F)c(Br)c1. The number of carbonyl (C=O) groups is 1. The van der Waals surface area contributed by atoms with Crippen molar-refractivity contribution in [1.82, 2.24) is 4.90 Å². The Kier molecular flexibility index (Phi) is 7.01. The van der Waals surface area contributed by atoms with E-state index in [0.29, 0.717) is 41.1 Å². The second-order valence-corrected chi connectivity index (χ2v) is 6.50. The van der Waals surface area contributed by atoms with Crippen LogP contribution in [-0.4, -0.2) is 49.5 Å². The molecule has 1 unspecified atom stereocenters. The average Bonchev–Trinajstić information content (AvgIpc) is 2.53. The van der Waals surface area contributed by atoms with E-state index in [9.17, 15) is 13.6 Å². The largest absolute Gasteiger partial charge is 0.491 e. The van der Waals surface area contributed by atoms with Crippen LogP contribution in [0.25, 0.3) is 5.70 Å². The molecule has 0 radical (unpaired) electrons. The molecule has 1 aliphatic rings. The number of halogens is 4. The average molecular weight is 425 g/mol. The van der Waals surface area contributed by atoms with Crippen molar-refractivity contribution in [3.63, 3.8) is 0 Å². The molecular formula is C16H17BrClF2NO3. The number of alkyl halides is 3. The highest BCUT2D eigenvalue weighted by Crippen LogP contribution is 2.34. The lowest BCUT2D eigenvalue weighted by Crippen LogP contribution is -2.41. The Bertz CT molecular complexity index is 627. The Balaban J connectivity index is 2.26. The summed E-state index contributed by atoms with van der Waals surface area (Å²) in [4.78, 5) is 13.2. The summed E-state index contributed by atoms with van der Waals surface area (Å²) in [6, 6.07) is 5.16. The van der Waals surface area contributed by atoms with Gasteiger partial charge in [-0.25, -0.2) is 8.78 Å². The Morgan fingerprint density at radius 2 is 2.17 bits per heavy atom. The third-order valence-corrected chi connectivity index (χ3v) is 4.46. The first-order chi connectivity index (χ1) is 11.4. The maximum absolute atomic E-state index is 12.8. The van der Waals surface area contributed by atoms with Gasteiger partial charge in [-0.3, -0.25) is 4.79 Å². The van der Waals surface area contributed by atoms with Gasteiger partial charge in [-0.2, -0.15) is 0 Å². The monoisotopic (exact) mass is 423 g/mol. The first-order valence-corrected chi connectivity index (χ1v) is 8.52. The Hall–Kier alpha value is -1.18. The third kappa shape index (κ3) is 4.68. The lowest BCUT2D eigenvalue weighted by Gasteiger charge is -2.31. The molecule has 24 heavy (non-hydrogen) atoms. The number of ether oxygens (including phenoxy) is 2. The van der Waals surface area contributed by atoms with Crippen molar-refractivity contribution < 1.29 is 23.0 Å². The predicted octanol–water partition coefficient (Wildman–Crippen LogP) is 3.92. The van der Waals surface area contributed by atoms with E-state index in [1.165, 1.54) is 0 Å². The fourth-order valence-corrected chi connectivity index (χ4v) is 3.10. The molecule has 0 N–H and O–H groups in total. The highest BCUT2D eigenvalue weighted by molar-refractivity contribution is 9.10. The van der Waals surface area contributed by atoms with Gasteiger partial charge in [-0.1, -0.05) is 6.08 Å². The van der Waals surface area contributed by atoms with E-state index in [-0.39, 0.29) is 0 Å². The Labute approximate surface area is 152 Å². The molecule has 1 atom stereocenters. The van der Waals surface area contributed by atoms with Crippen LogP contribution < -0.4 is 4.74 Å². The molecule has 132 valence electrons. The molecule has 1 amide bonds. The lowest BCUT2D eigenvalue weighted by molar-refractivity contribution is -0.129. The van der Waals surface area contributed by atoms with Crippen molar-refractivity contribution >= 4 is 39.1 Å². The molecule has 1 aromatic carbocycles. The number of nitrogens with zero attached hydrogens (tertiary/aromatic N) is 1. The van der Waals surface area contributed by atoms with Crippen LogP contribution in [0.3, 0.4) is 0 Å². The van der Waals surface area contributed by atoms with Crippen LogP contribution in [0.15, 0.2) is 28.7 Å². The Morgan fingerprint density at radius 1 is 1.42 bits per heavy atom. The molecule has 0 saturated carbocycles. The number of allylic oxidation sites excluding steroid dienone is 1. The van der Waals surface area contributed by atoms with Gasteiger partial charge in [0.05, 0.1) is 13.2 Å². The maximum Gasteiger partial charge on any atom is 0.256 e. The molecule has 1 aromatic rings. The van der Waals surface area contributed by atoms with Crippen molar-refractivity contribution in [3.05, 3.63) is 34.3 Å². The van der Waals surface area contributed by atoms with Crippen LogP contribution in [0.5, 0.6) is 5.75 Å². The highest BCUT2D eigenvalue weighted by atomic mass is 79.9. The number of hydrogen-bond donors (Lipinski definition) is 0. The first-order valence-electron chi connectivity index (χ1n) is 7.29. The molecule has 4 nitrogen and oxygen atoms in total. The fourth-order valence-electron chi connectivity index (χ4n) is 2.33. The summed E-state index contributed by atoms with van der Waals surface area (Å²) in [5.74, 6) is 0.0998. The van der Waals surface area contributed by atoms with Crippen molar-refractivity contribution in [1.29, 1.82) is 0 Å². The fraction of sp³-hybridized carbons (Fsp3) is 0.438. The minimum absolute atomic E-state index is 0.300. The van der Waals surface area contributed by atoms with Gasteiger partial charge in [0, 0.05) is 22.8 Å². The summed E-state index contributed by atoms with van der Waals surface area (Å²) < 4.78 is 36.7. The predicted molar refractivity (Wildman–Crippen MR) is 91.5 cm³/mol. The standard InChI is InChI=1S/C16H17BrClF2NO3/c1-23-6-7-24-10-2-3-11(12(17)8-10)14-5-4-13(18)16(22)21(14)9-15(19)20/h2-3,5,8,13,15H,4,6-7,9H2,1H3. The molecule has 8 heteroatoms. The molecule has 0 fully saturated rings. The zero-order valence-electron chi connectivity index (χ0n) is 13.0. The smallest absolute Gasteiger partial charge is 0.256 e. The quantitative estimate of drug-likeness (QED) is 0.492. The van der Waals surface area contributed by atoms with Gasteiger partial charge in [0.25, 0.3) is 6.43 Å². The van der Waals surface area contributed by atoms with Gasteiger partial charge in [-0.05, 0) is 40.5 Å². The van der Waals surface area contributed by atoms with E-state index in [1.54, 1.807) is 31.4 Å². The van der Waals surface area contributed by atoms with Gasteiger partial charge in [0.2, 0.25) is 5.91 Å². The summed E-state index contributed by atoms with van der Waals surface area (Å²) in [6.45, 7) is 0.166. The molecule has 0 aromatic heterocycles. The zero-order valence-corrected chi connectivity index (χ0v) is 15.3. The molecule has 0 spiro atoms. The molecule has 0 aliphatic carbocycles. The minimum Gasteiger partial charge on any atom is -0.491 e. The number of amides is 1. The number of benzene rings is 1. The number of carbonyl (C=O) groups excluding carboxylic acids is 1. The molecule has 2 rings (SSSR count). The van der Waals surface area contributed by atoms with Crippen LogP contribution in [0.2, 0.25) is 0 Å². The summed E-state index contributed by atoms with van der Waals surface area (Å²) in [6.07, 6.45) is -0.643. The Morgan fingerprint density at radius 3 is 2.79 bits per heavy atom. The van der Waals surface area contributed by atoms with E-state index in [4.69, 9.17) is 21.1 Å². The normalized spacial score (nSPS) is 18.1. The van der Waals surface area contributed by atoms with Crippen LogP contribution in [0.1, 0.15) is 12.0 Å². The number of hydrogen-bond acceptors (Lipinski definition) is 3. The van der Waals surface area contributed by atoms with E-state index < -0.39 is 24.3 Å². The van der Waals surface area contributed by atoms with E-state index in [2.05, 4.69) is 15.9 Å². The number of rotatable bonds is 7. The molecule has 1 heterocycles. The zero-order chi connectivity index (χ0) is 17.7. The van der Waals surface area contributed by atoms with E-state index in [1.807, 2.05) is 0 Å². The lowest BCUT2D eigenvalue weighted by atomic mass is 10.0. The van der Waals surface area contributed by atoms with E-state index >= 15 is 0 Å². The van der Waals surface area contributed by atoms with Crippen molar-refractivity contribution in [2.24, 2.45) is 0 Å². The van der Waals surface area contributed by atoms with Crippen LogP contribution in [-0.2, 0) is 9.53 Å². The van der Waals surface area contributed by atoms with Gasteiger partial charge in [0.1, 0.15) is 17.7 Å². The molecular weight excluding hydrogens is 408 g/mol. The van der Waals surface area contributed by atoms with Crippen LogP contribution in [0.4, 0.5) is 8.78 Å². The minimum atomic E-state index is -2.64. The first kappa shape index (κ1) is 19.1. The van der Waals surface area contributed by atoms with Gasteiger partial charge in [0.15, 0.2) is 0 Å². The second-order valence-electron chi connectivity index (χ2n) is 5.12.